The average molecular weight is 305 g/mol. The lowest BCUT2D eigenvalue weighted by atomic mass is 9.99. The van der Waals surface area contributed by atoms with Crippen LogP contribution in [0.4, 0.5) is 0 Å². The fourth-order valence-electron chi connectivity index (χ4n) is 1.38. The number of hydrogen-bond acceptors (Lipinski definition) is 2. The van der Waals surface area contributed by atoms with Gasteiger partial charge in [0, 0.05) is 3.57 Å². The van der Waals surface area contributed by atoms with E-state index in [1.807, 2.05) is 31.2 Å². The lowest BCUT2D eigenvalue weighted by Gasteiger charge is -2.18. The van der Waals surface area contributed by atoms with Gasteiger partial charge in [0.15, 0.2) is 0 Å². The van der Waals surface area contributed by atoms with E-state index in [0.717, 1.165) is 18.4 Å². The number of aliphatic hydroxyl groups excluding tert-OH is 1. The second-order valence-corrected chi connectivity index (χ2v) is 4.68. The summed E-state index contributed by atoms with van der Waals surface area (Å²) in [6, 6.07) is 7.71. The van der Waals surface area contributed by atoms with Crippen LogP contribution in [0.5, 0.6) is 0 Å². The van der Waals surface area contributed by atoms with E-state index in [1.54, 1.807) is 0 Å². The molecule has 0 fully saturated rings. The van der Waals surface area contributed by atoms with Crippen LogP contribution < -0.4 is 5.73 Å². The Balaban J connectivity index is 2.68. The number of rotatable bonds is 4. The van der Waals surface area contributed by atoms with E-state index in [2.05, 4.69) is 22.6 Å². The summed E-state index contributed by atoms with van der Waals surface area (Å²) in [7, 11) is 0. The van der Waals surface area contributed by atoms with Crippen molar-refractivity contribution < 1.29 is 5.11 Å². The smallest absolute Gasteiger partial charge is 0.0732 e. The normalized spacial score (nSPS) is 15.1. The fraction of sp³-hybridized carbons (Fsp3) is 0.455. The molecule has 2 nitrogen and oxygen atoms in total. The third-order valence-electron chi connectivity index (χ3n) is 2.25. The van der Waals surface area contributed by atoms with Gasteiger partial charge in [-0.1, -0.05) is 25.5 Å². The molecule has 2 atom stereocenters. The minimum atomic E-state index is -0.430. The Hall–Kier alpha value is -0.130. The highest BCUT2D eigenvalue weighted by Crippen LogP contribution is 2.18. The molecule has 0 bridgehead atoms. The van der Waals surface area contributed by atoms with E-state index in [0.29, 0.717) is 0 Å². The number of nitrogens with two attached hydrogens (primary N) is 1. The first-order valence-electron chi connectivity index (χ1n) is 4.84. The molecule has 0 radical (unpaired) electrons. The van der Waals surface area contributed by atoms with Crippen molar-refractivity contribution in [3.8, 4) is 0 Å². The van der Waals surface area contributed by atoms with E-state index in [4.69, 9.17) is 5.73 Å². The maximum atomic E-state index is 9.71. The largest absolute Gasteiger partial charge is 0.391 e. The van der Waals surface area contributed by atoms with Gasteiger partial charge in [-0.25, -0.2) is 0 Å². The number of halogens is 1. The Labute approximate surface area is 98.7 Å². The second-order valence-electron chi connectivity index (χ2n) is 3.43. The van der Waals surface area contributed by atoms with Crippen molar-refractivity contribution in [1.82, 2.24) is 0 Å². The third-order valence-corrected chi connectivity index (χ3v) is 2.97. The molecule has 3 N–H and O–H groups in total. The molecular formula is C11H16INO. The van der Waals surface area contributed by atoms with Gasteiger partial charge >= 0.3 is 0 Å². The molecule has 1 rings (SSSR count). The van der Waals surface area contributed by atoms with E-state index in [1.165, 1.54) is 3.57 Å². The van der Waals surface area contributed by atoms with Crippen LogP contribution in [0.1, 0.15) is 31.4 Å². The zero-order valence-corrected chi connectivity index (χ0v) is 10.4. The van der Waals surface area contributed by atoms with Gasteiger partial charge in [-0.15, -0.1) is 0 Å². The first kappa shape index (κ1) is 11.9. The summed E-state index contributed by atoms with van der Waals surface area (Å²) < 4.78 is 1.18. The molecule has 0 aromatic heterocycles. The van der Waals surface area contributed by atoms with Gasteiger partial charge in [0.05, 0.1) is 12.1 Å². The molecule has 0 aliphatic carbocycles. The van der Waals surface area contributed by atoms with Crippen molar-refractivity contribution in [2.24, 2.45) is 5.73 Å². The highest BCUT2D eigenvalue weighted by Gasteiger charge is 2.15. The van der Waals surface area contributed by atoms with Crippen LogP contribution in [0.25, 0.3) is 0 Å². The van der Waals surface area contributed by atoms with Crippen LogP contribution >= 0.6 is 22.6 Å². The number of benzene rings is 1. The van der Waals surface area contributed by atoms with Gasteiger partial charge in [0.1, 0.15) is 0 Å². The van der Waals surface area contributed by atoms with Crippen molar-refractivity contribution in [2.75, 3.05) is 0 Å². The van der Waals surface area contributed by atoms with Crippen molar-refractivity contribution in [3.63, 3.8) is 0 Å². The molecular weight excluding hydrogens is 289 g/mol. The Kier molecular flexibility index (Phi) is 4.84. The number of hydrogen-bond donors (Lipinski definition) is 2. The van der Waals surface area contributed by atoms with Crippen LogP contribution in [-0.2, 0) is 0 Å². The summed E-state index contributed by atoms with van der Waals surface area (Å²) in [6.07, 6.45) is 1.28. The van der Waals surface area contributed by atoms with Gasteiger partial charge in [-0.2, -0.15) is 0 Å². The SMILES string of the molecule is CCC[C@H](O)[C@H](N)c1ccc(I)cc1. The van der Waals surface area contributed by atoms with Crippen molar-refractivity contribution in [3.05, 3.63) is 33.4 Å². The van der Waals surface area contributed by atoms with Crippen molar-refractivity contribution in [2.45, 2.75) is 31.9 Å². The summed E-state index contributed by atoms with van der Waals surface area (Å²) >= 11 is 2.25. The van der Waals surface area contributed by atoms with Gasteiger partial charge in [0.25, 0.3) is 0 Å². The summed E-state index contributed by atoms with van der Waals surface area (Å²) in [6.45, 7) is 2.05. The molecule has 1 aromatic carbocycles. The maximum Gasteiger partial charge on any atom is 0.0732 e. The molecule has 0 saturated heterocycles. The monoisotopic (exact) mass is 305 g/mol. The molecule has 0 unspecified atom stereocenters. The molecule has 78 valence electrons. The molecule has 14 heavy (non-hydrogen) atoms. The molecule has 0 heterocycles. The molecule has 0 aliphatic rings. The van der Waals surface area contributed by atoms with E-state index < -0.39 is 6.10 Å². The summed E-state index contributed by atoms with van der Waals surface area (Å²) in [5, 5.41) is 9.71. The lowest BCUT2D eigenvalue weighted by molar-refractivity contribution is 0.134. The minimum Gasteiger partial charge on any atom is -0.391 e. The van der Waals surface area contributed by atoms with Crippen LogP contribution in [0, 0.1) is 3.57 Å². The van der Waals surface area contributed by atoms with Crippen molar-refractivity contribution in [1.29, 1.82) is 0 Å². The zero-order chi connectivity index (χ0) is 10.6. The van der Waals surface area contributed by atoms with Crippen LogP contribution in [0.15, 0.2) is 24.3 Å². The fourth-order valence-corrected chi connectivity index (χ4v) is 1.74. The maximum absolute atomic E-state index is 9.71. The molecule has 0 saturated carbocycles. The Morgan fingerprint density at radius 1 is 1.36 bits per heavy atom. The predicted octanol–water partition coefficient (Wildman–Crippen LogP) is 2.45. The Bertz CT molecular complexity index is 273. The van der Waals surface area contributed by atoms with E-state index in [-0.39, 0.29) is 6.04 Å². The van der Waals surface area contributed by atoms with Crippen LogP contribution in [0.2, 0.25) is 0 Å². The lowest BCUT2D eigenvalue weighted by Crippen LogP contribution is -2.25. The second kappa shape index (κ2) is 5.68. The summed E-state index contributed by atoms with van der Waals surface area (Å²) in [5.74, 6) is 0. The van der Waals surface area contributed by atoms with E-state index >= 15 is 0 Å². The zero-order valence-electron chi connectivity index (χ0n) is 8.28. The molecule has 0 amide bonds. The topological polar surface area (TPSA) is 46.2 Å². The quantitative estimate of drug-likeness (QED) is 0.839. The summed E-state index contributed by atoms with van der Waals surface area (Å²) in [5.41, 5.74) is 6.93. The molecule has 1 aromatic rings. The van der Waals surface area contributed by atoms with E-state index in [9.17, 15) is 5.11 Å². The standard InChI is InChI=1S/C11H16INO/c1-2-3-10(14)11(13)8-4-6-9(12)7-5-8/h4-7,10-11,14H,2-3,13H2,1H3/t10-,11+/m0/s1. The first-order chi connectivity index (χ1) is 6.65. The Morgan fingerprint density at radius 3 is 2.43 bits per heavy atom. The first-order valence-corrected chi connectivity index (χ1v) is 5.92. The molecule has 3 heteroatoms. The predicted molar refractivity (Wildman–Crippen MR) is 67.0 cm³/mol. The highest BCUT2D eigenvalue weighted by molar-refractivity contribution is 14.1. The number of aliphatic hydroxyl groups is 1. The van der Waals surface area contributed by atoms with Gasteiger partial charge in [-0.05, 0) is 46.7 Å². The summed E-state index contributed by atoms with van der Waals surface area (Å²) in [4.78, 5) is 0. The van der Waals surface area contributed by atoms with Crippen LogP contribution in [0.3, 0.4) is 0 Å². The van der Waals surface area contributed by atoms with Gasteiger partial charge in [0.2, 0.25) is 0 Å². The molecule has 0 aliphatic heterocycles. The Morgan fingerprint density at radius 2 is 1.93 bits per heavy atom. The highest BCUT2D eigenvalue weighted by atomic mass is 127. The third kappa shape index (κ3) is 3.22. The van der Waals surface area contributed by atoms with Crippen molar-refractivity contribution >= 4 is 22.6 Å². The average Bonchev–Trinajstić information content (AvgIpc) is 2.18. The van der Waals surface area contributed by atoms with Gasteiger partial charge in [-0.3, -0.25) is 0 Å². The minimum absolute atomic E-state index is 0.257. The van der Waals surface area contributed by atoms with Gasteiger partial charge < -0.3 is 10.8 Å². The molecule has 0 spiro atoms. The van der Waals surface area contributed by atoms with Crippen LogP contribution in [-0.4, -0.2) is 11.2 Å².